The van der Waals surface area contributed by atoms with Crippen molar-refractivity contribution in [2.75, 3.05) is 20.7 Å². The normalized spacial score (nSPS) is 17.5. The van der Waals surface area contributed by atoms with E-state index in [-0.39, 0.29) is 5.78 Å². The second-order valence-electron chi connectivity index (χ2n) is 5.74. The van der Waals surface area contributed by atoms with E-state index >= 15 is 0 Å². The summed E-state index contributed by atoms with van der Waals surface area (Å²) in [4.78, 5) is 11.9. The van der Waals surface area contributed by atoms with E-state index in [1.165, 1.54) is 0 Å². The summed E-state index contributed by atoms with van der Waals surface area (Å²) in [6, 6.07) is 0. The van der Waals surface area contributed by atoms with Gasteiger partial charge in [0.25, 0.3) is 0 Å². The lowest BCUT2D eigenvalue weighted by molar-refractivity contribution is -0.493. The second-order valence-corrected chi connectivity index (χ2v) is 5.74. The number of Topliss-reactive ketones (excluding diaryl/α,β-unsaturated/α-hetero) is 1. The van der Waals surface area contributed by atoms with Crippen molar-refractivity contribution < 1.29 is 14.1 Å². The van der Waals surface area contributed by atoms with E-state index in [0.717, 1.165) is 47.4 Å². The van der Waals surface area contributed by atoms with E-state index in [1.807, 2.05) is 26.0 Å². The van der Waals surface area contributed by atoms with Gasteiger partial charge in [-0.25, -0.2) is 4.58 Å². The van der Waals surface area contributed by atoms with Crippen LogP contribution in [0.4, 0.5) is 0 Å². The minimum atomic E-state index is 0.0759. The monoisotopic (exact) mass is 302 g/mol. The molecule has 0 aromatic rings. The molecule has 1 aliphatic heterocycles. The molecule has 120 valence electrons. The zero-order chi connectivity index (χ0) is 16.7. The minimum absolute atomic E-state index is 0.0759. The van der Waals surface area contributed by atoms with Gasteiger partial charge in [0.1, 0.15) is 19.4 Å². The third kappa shape index (κ3) is 5.14. The lowest BCUT2D eigenvalue weighted by Gasteiger charge is -2.14. The maximum Gasteiger partial charge on any atom is 0.174 e. The van der Waals surface area contributed by atoms with Crippen molar-refractivity contribution in [1.29, 1.82) is 0 Å². The SMILES string of the molecule is CC/C=C(C)/C=C(\C=C(/C)C1=C(OC)CC[N+](C)=C1)C(C)=O. The Bertz CT molecular complexity index is 587. The zero-order valence-electron chi connectivity index (χ0n) is 14.7. The summed E-state index contributed by atoms with van der Waals surface area (Å²) < 4.78 is 7.65. The molecule has 0 aliphatic carbocycles. The van der Waals surface area contributed by atoms with Gasteiger partial charge in [0.15, 0.2) is 12.0 Å². The predicted octanol–water partition coefficient (Wildman–Crippen LogP) is 3.82. The highest BCUT2D eigenvalue weighted by Gasteiger charge is 2.18. The Kier molecular flexibility index (Phi) is 7.03. The van der Waals surface area contributed by atoms with Gasteiger partial charge in [0.2, 0.25) is 0 Å². The number of carbonyl (C=O) groups is 1. The second kappa shape index (κ2) is 8.52. The molecule has 0 radical (unpaired) electrons. The first-order valence-corrected chi connectivity index (χ1v) is 7.79. The Hall–Kier alpha value is -1.90. The number of hydrogen-bond donors (Lipinski definition) is 0. The van der Waals surface area contributed by atoms with Crippen LogP contribution in [-0.2, 0) is 9.53 Å². The van der Waals surface area contributed by atoms with Crippen molar-refractivity contribution in [2.24, 2.45) is 0 Å². The average Bonchev–Trinajstić information content (AvgIpc) is 2.46. The number of rotatable bonds is 6. The molecular formula is C19H28NO2+. The van der Waals surface area contributed by atoms with E-state index in [2.05, 4.69) is 30.8 Å². The molecule has 0 saturated heterocycles. The van der Waals surface area contributed by atoms with Crippen molar-refractivity contribution in [3.63, 3.8) is 0 Å². The lowest BCUT2D eigenvalue weighted by atomic mass is 9.98. The summed E-state index contributed by atoms with van der Waals surface area (Å²) in [5, 5.41) is 0. The highest BCUT2D eigenvalue weighted by molar-refractivity contribution is 5.97. The number of carbonyl (C=O) groups excluding carboxylic acids is 1. The van der Waals surface area contributed by atoms with Crippen LogP contribution >= 0.6 is 0 Å². The molecule has 0 aromatic heterocycles. The fourth-order valence-corrected chi connectivity index (χ4v) is 2.49. The molecule has 0 aromatic carbocycles. The van der Waals surface area contributed by atoms with Crippen LogP contribution in [0.15, 0.2) is 46.3 Å². The van der Waals surface area contributed by atoms with Gasteiger partial charge in [-0.05, 0) is 44.9 Å². The number of ketones is 1. The Morgan fingerprint density at radius 2 is 2.00 bits per heavy atom. The highest BCUT2D eigenvalue weighted by atomic mass is 16.5. The van der Waals surface area contributed by atoms with Crippen molar-refractivity contribution in [2.45, 2.75) is 40.5 Å². The number of allylic oxidation sites excluding steroid dienone is 7. The summed E-state index contributed by atoms with van der Waals surface area (Å²) >= 11 is 0. The molecule has 0 unspecified atom stereocenters. The van der Waals surface area contributed by atoms with Crippen molar-refractivity contribution in [1.82, 2.24) is 0 Å². The van der Waals surface area contributed by atoms with Gasteiger partial charge in [-0.3, -0.25) is 4.79 Å². The van der Waals surface area contributed by atoms with Crippen molar-refractivity contribution in [3.05, 3.63) is 46.3 Å². The van der Waals surface area contributed by atoms with Crippen LogP contribution in [-0.4, -0.2) is 37.3 Å². The fraction of sp³-hybridized carbons (Fsp3) is 0.474. The summed E-state index contributed by atoms with van der Waals surface area (Å²) in [6.45, 7) is 8.70. The number of methoxy groups -OCH3 is 1. The number of hydrogen-bond acceptors (Lipinski definition) is 2. The average molecular weight is 302 g/mol. The summed E-state index contributed by atoms with van der Waals surface area (Å²) in [5.74, 6) is 1.06. The van der Waals surface area contributed by atoms with Gasteiger partial charge in [-0.2, -0.15) is 0 Å². The first-order chi connectivity index (χ1) is 10.4. The van der Waals surface area contributed by atoms with E-state index < -0.39 is 0 Å². The van der Waals surface area contributed by atoms with Gasteiger partial charge in [0.05, 0.1) is 19.1 Å². The molecule has 3 nitrogen and oxygen atoms in total. The molecule has 0 N–H and O–H groups in total. The van der Waals surface area contributed by atoms with Crippen LogP contribution in [0, 0.1) is 0 Å². The molecular weight excluding hydrogens is 274 g/mol. The van der Waals surface area contributed by atoms with Crippen molar-refractivity contribution >= 4 is 12.0 Å². The Morgan fingerprint density at radius 3 is 2.55 bits per heavy atom. The maximum absolute atomic E-state index is 11.9. The minimum Gasteiger partial charge on any atom is -0.500 e. The Balaban J connectivity index is 3.24. The Morgan fingerprint density at radius 1 is 1.32 bits per heavy atom. The van der Waals surface area contributed by atoms with Gasteiger partial charge in [-0.1, -0.05) is 18.6 Å². The molecule has 22 heavy (non-hydrogen) atoms. The highest BCUT2D eigenvalue weighted by Crippen LogP contribution is 2.21. The van der Waals surface area contributed by atoms with Crippen LogP contribution in [0.2, 0.25) is 0 Å². The quantitative estimate of drug-likeness (QED) is 0.424. The van der Waals surface area contributed by atoms with Crippen LogP contribution in [0.25, 0.3) is 0 Å². The van der Waals surface area contributed by atoms with Crippen LogP contribution in [0.5, 0.6) is 0 Å². The van der Waals surface area contributed by atoms with Crippen molar-refractivity contribution in [3.8, 4) is 0 Å². The lowest BCUT2D eigenvalue weighted by Crippen LogP contribution is -2.19. The predicted molar refractivity (Wildman–Crippen MR) is 92.3 cm³/mol. The molecule has 0 bridgehead atoms. The number of nitrogens with zero attached hydrogens (tertiary/aromatic N) is 1. The topological polar surface area (TPSA) is 29.3 Å². The van der Waals surface area contributed by atoms with Gasteiger partial charge in [0, 0.05) is 5.57 Å². The first-order valence-electron chi connectivity index (χ1n) is 7.79. The maximum atomic E-state index is 11.9. The molecule has 0 fully saturated rings. The third-order valence-corrected chi connectivity index (χ3v) is 3.70. The van der Waals surface area contributed by atoms with E-state index in [1.54, 1.807) is 14.0 Å². The first kappa shape index (κ1) is 18.1. The smallest absolute Gasteiger partial charge is 0.174 e. The van der Waals surface area contributed by atoms with E-state index in [0.29, 0.717) is 0 Å². The molecule has 1 heterocycles. The molecule has 0 atom stereocenters. The number of ether oxygens (including phenoxy) is 1. The van der Waals surface area contributed by atoms with Crippen LogP contribution in [0.3, 0.4) is 0 Å². The summed E-state index contributed by atoms with van der Waals surface area (Å²) in [6.07, 6.45) is 9.97. The summed E-state index contributed by atoms with van der Waals surface area (Å²) in [7, 11) is 3.76. The molecule has 1 rings (SSSR count). The van der Waals surface area contributed by atoms with E-state index in [9.17, 15) is 4.79 Å². The fourth-order valence-electron chi connectivity index (χ4n) is 2.49. The molecule has 1 aliphatic rings. The van der Waals surface area contributed by atoms with Gasteiger partial charge < -0.3 is 4.74 Å². The van der Waals surface area contributed by atoms with Gasteiger partial charge in [-0.15, -0.1) is 0 Å². The standard InChI is InChI=1S/C19H28NO2/c1-7-8-14(2)11-17(16(4)21)12-15(3)18-13-20(5)10-9-19(18)22-6/h8,11-13H,7,9-10H2,1-6H3/q+1/b14-8+,15-12+,17-11+. The van der Waals surface area contributed by atoms with Crippen LogP contribution < -0.4 is 0 Å². The largest absolute Gasteiger partial charge is 0.500 e. The zero-order valence-corrected chi connectivity index (χ0v) is 14.7. The molecule has 3 heteroatoms. The summed E-state index contributed by atoms with van der Waals surface area (Å²) in [5.41, 5.74) is 3.96. The Labute approximate surface area is 134 Å². The third-order valence-electron chi connectivity index (χ3n) is 3.70. The van der Waals surface area contributed by atoms with Gasteiger partial charge >= 0.3 is 0 Å². The molecule has 0 saturated carbocycles. The molecule has 0 amide bonds. The van der Waals surface area contributed by atoms with Crippen LogP contribution in [0.1, 0.15) is 40.5 Å². The van der Waals surface area contributed by atoms with E-state index in [4.69, 9.17) is 4.74 Å². The molecule has 0 spiro atoms.